The Morgan fingerprint density at radius 2 is 1.67 bits per heavy atom. The van der Waals surface area contributed by atoms with E-state index in [-0.39, 0.29) is 10.8 Å². The van der Waals surface area contributed by atoms with Crippen LogP contribution in [0.3, 0.4) is 0 Å². The summed E-state index contributed by atoms with van der Waals surface area (Å²) in [7, 11) is -3.64. The second-order valence-corrected chi connectivity index (χ2v) is 9.86. The zero-order valence-electron chi connectivity index (χ0n) is 19.7. The standard InChI is InChI=1S/C25H34N4O3S/c1-4-27-16-18-28(19-17-27)24-14-13-22(33(31,32)29(5-2)6-3)20-23(24)26-25(30)15-12-21-10-8-7-9-11-21/h7-15,20H,4-6,16-19H2,1-3H3,(H,26,30). The molecule has 1 amide bonds. The number of hydrogen-bond acceptors (Lipinski definition) is 5. The van der Waals surface area contributed by atoms with Gasteiger partial charge in [-0.25, -0.2) is 8.42 Å². The fourth-order valence-corrected chi connectivity index (χ4v) is 5.46. The molecule has 1 saturated heterocycles. The second-order valence-electron chi connectivity index (χ2n) is 7.92. The lowest BCUT2D eigenvalue weighted by Crippen LogP contribution is -2.46. The van der Waals surface area contributed by atoms with Gasteiger partial charge in [0.15, 0.2) is 0 Å². The molecule has 0 aliphatic carbocycles. The Balaban J connectivity index is 1.91. The number of carbonyl (C=O) groups excluding carboxylic acids is 1. The van der Waals surface area contributed by atoms with Gasteiger partial charge in [-0.3, -0.25) is 4.79 Å². The molecular weight excluding hydrogens is 436 g/mol. The molecule has 1 aliphatic rings. The summed E-state index contributed by atoms with van der Waals surface area (Å²) >= 11 is 0. The molecule has 0 bridgehead atoms. The summed E-state index contributed by atoms with van der Waals surface area (Å²) in [5.74, 6) is -0.301. The van der Waals surface area contributed by atoms with Crippen molar-refractivity contribution in [3.63, 3.8) is 0 Å². The molecule has 33 heavy (non-hydrogen) atoms. The lowest BCUT2D eigenvalue weighted by atomic mass is 10.2. The van der Waals surface area contributed by atoms with Crippen molar-refractivity contribution in [3.05, 3.63) is 60.2 Å². The van der Waals surface area contributed by atoms with Crippen molar-refractivity contribution >= 4 is 33.4 Å². The lowest BCUT2D eigenvalue weighted by molar-refractivity contribution is -0.111. The van der Waals surface area contributed by atoms with Gasteiger partial charge < -0.3 is 15.1 Å². The molecule has 0 spiro atoms. The van der Waals surface area contributed by atoms with E-state index in [0.717, 1.165) is 44.0 Å². The summed E-state index contributed by atoms with van der Waals surface area (Å²) in [6.07, 6.45) is 3.21. The molecule has 0 atom stereocenters. The number of piperazine rings is 1. The highest BCUT2D eigenvalue weighted by Crippen LogP contribution is 2.31. The van der Waals surface area contributed by atoms with Crippen LogP contribution in [0, 0.1) is 0 Å². The maximum absolute atomic E-state index is 13.1. The fourth-order valence-electron chi connectivity index (χ4n) is 3.98. The summed E-state index contributed by atoms with van der Waals surface area (Å²) < 4.78 is 27.6. The maximum atomic E-state index is 13.1. The minimum absolute atomic E-state index is 0.185. The first kappa shape index (κ1) is 25.0. The van der Waals surface area contributed by atoms with Crippen LogP contribution >= 0.6 is 0 Å². The van der Waals surface area contributed by atoms with Crippen molar-refractivity contribution in [1.29, 1.82) is 0 Å². The van der Waals surface area contributed by atoms with E-state index in [1.54, 1.807) is 18.2 Å². The van der Waals surface area contributed by atoms with Crippen LogP contribution in [0.4, 0.5) is 11.4 Å². The Bertz CT molecular complexity index is 1060. The number of sulfonamides is 1. The maximum Gasteiger partial charge on any atom is 0.248 e. The van der Waals surface area contributed by atoms with E-state index in [9.17, 15) is 13.2 Å². The van der Waals surface area contributed by atoms with Gasteiger partial charge in [0, 0.05) is 45.3 Å². The third-order valence-electron chi connectivity index (χ3n) is 5.96. The van der Waals surface area contributed by atoms with E-state index in [4.69, 9.17) is 0 Å². The lowest BCUT2D eigenvalue weighted by Gasteiger charge is -2.36. The first-order valence-corrected chi connectivity index (χ1v) is 13.0. The molecule has 178 valence electrons. The van der Waals surface area contributed by atoms with Crippen LogP contribution in [-0.4, -0.2) is 69.3 Å². The molecule has 1 heterocycles. The minimum atomic E-state index is -3.64. The van der Waals surface area contributed by atoms with Crippen molar-refractivity contribution in [3.8, 4) is 0 Å². The number of nitrogens with one attached hydrogen (secondary N) is 1. The predicted molar refractivity (Wildman–Crippen MR) is 135 cm³/mol. The molecule has 8 heteroatoms. The van der Waals surface area contributed by atoms with Crippen molar-refractivity contribution in [1.82, 2.24) is 9.21 Å². The van der Waals surface area contributed by atoms with Gasteiger partial charge in [-0.05, 0) is 36.4 Å². The summed E-state index contributed by atoms with van der Waals surface area (Å²) in [6.45, 7) is 11.1. The first-order chi connectivity index (χ1) is 15.9. The van der Waals surface area contributed by atoms with Crippen LogP contribution < -0.4 is 10.2 Å². The molecule has 1 fully saturated rings. The molecular formula is C25H34N4O3S. The van der Waals surface area contributed by atoms with Gasteiger partial charge in [-0.2, -0.15) is 4.31 Å². The van der Waals surface area contributed by atoms with Gasteiger partial charge in [-0.1, -0.05) is 51.1 Å². The average Bonchev–Trinajstić information content (AvgIpc) is 2.84. The topological polar surface area (TPSA) is 73.0 Å². The average molecular weight is 471 g/mol. The zero-order chi connectivity index (χ0) is 23.8. The van der Waals surface area contributed by atoms with E-state index in [0.29, 0.717) is 18.8 Å². The monoisotopic (exact) mass is 470 g/mol. The third kappa shape index (κ3) is 6.22. The minimum Gasteiger partial charge on any atom is -0.367 e. The second kappa shape index (κ2) is 11.4. The number of carbonyl (C=O) groups is 1. The largest absolute Gasteiger partial charge is 0.367 e. The summed E-state index contributed by atoms with van der Waals surface area (Å²) in [6, 6.07) is 14.6. The van der Waals surface area contributed by atoms with E-state index >= 15 is 0 Å². The number of benzene rings is 2. The van der Waals surface area contributed by atoms with E-state index < -0.39 is 10.0 Å². The Morgan fingerprint density at radius 3 is 2.27 bits per heavy atom. The van der Waals surface area contributed by atoms with E-state index in [2.05, 4.69) is 22.0 Å². The Kier molecular flexibility index (Phi) is 8.66. The van der Waals surface area contributed by atoms with Crippen molar-refractivity contribution in [2.75, 3.05) is 56.0 Å². The molecule has 0 radical (unpaired) electrons. The highest BCUT2D eigenvalue weighted by atomic mass is 32.2. The van der Waals surface area contributed by atoms with Gasteiger partial charge in [-0.15, -0.1) is 0 Å². The van der Waals surface area contributed by atoms with Crippen LogP contribution in [0.25, 0.3) is 6.08 Å². The quantitative estimate of drug-likeness (QED) is 0.568. The molecule has 1 aliphatic heterocycles. The number of likely N-dealkylation sites (N-methyl/N-ethyl adjacent to an activating group) is 1. The van der Waals surface area contributed by atoms with Crippen LogP contribution in [0.15, 0.2) is 59.5 Å². The smallest absolute Gasteiger partial charge is 0.248 e. The highest BCUT2D eigenvalue weighted by Gasteiger charge is 2.25. The predicted octanol–water partition coefficient (Wildman–Crippen LogP) is 3.51. The zero-order valence-corrected chi connectivity index (χ0v) is 20.5. The first-order valence-electron chi connectivity index (χ1n) is 11.5. The molecule has 0 unspecified atom stereocenters. The molecule has 2 aromatic carbocycles. The molecule has 3 rings (SSSR count). The molecule has 0 saturated carbocycles. The number of hydrogen-bond donors (Lipinski definition) is 1. The number of nitrogens with zero attached hydrogens (tertiary/aromatic N) is 3. The third-order valence-corrected chi connectivity index (χ3v) is 8.00. The van der Waals surface area contributed by atoms with Gasteiger partial charge in [0.25, 0.3) is 0 Å². The van der Waals surface area contributed by atoms with Crippen LogP contribution in [-0.2, 0) is 14.8 Å². The van der Waals surface area contributed by atoms with Gasteiger partial charge >= 0.3 is 0 Å². The van der Waals surface area contributed by atoms with Crippen molar-refractivity contribution in [2.45, 2.75) is 25.7 Å². The highest BCUT2D eigenvalue weighted by molar-refractivity contribution is 7.89. The van der Waals surface area contributed by atoms with E-state index in [1.165, 1.54) is 10.4 Å². The molecule has 7 nitrogen and oxygen atoms in total. The summed E-state index contributed by atoms with van der Waals surface area (Å²) in [5.41, 5.74) is 2.27. The van der Waals surface area contributed by atoms with Crippen LogP contribution in [0.5, 0.6) is 0 Å². The Labute approximate surface area is 197 Å². The van der Waals surface area contributed by atoms with Gasteiger partial charge in [0.05, 0.1) is 16.3 Å². The Hall–Kier alpha value is -2.68. The van der Waals surface area contributed by atoms with E-state index in [1.807, 2.05) is 50.2 Å². The number of rotatable bonds is 9. The molecule has 2 aromatic rings. The Morgan fingerprint density at radius 1 is 1.00 bits per heavy atom. The SMILES string of the molecule is CCN1CCN(c2ccc(S(=O)(=O)N(CC)CC)cc2NC(=O)C=Cc2ccccc2)CC1. The van der Waals surface area contributed by atoms with Crippen molar-refractivity contribution in [2.24, 2.45) is 0 Å². The van der Waals surface area contributed by atoms with Gasteiger partial charge in [0.2, 0.25) is 15.9 Å². The fraction of sp³-hybridized carbons (Fsp3) is 0.400. The van der Waals surface area contributed by atoms with Crippen LogP contribution in [0.1, 0.15) is 26.3 Å². The number of anilines is 2. The number of amides is 1. The molecule has 0 aromatic heterocycles. The molecule has 1 N–H and O–H groups in total. The van der Waals surface area contributed by atoms with Gasteiger partial charge in [0.1, 0.15) is 0 Å². The van der Waals surface area contributed by atoms with Crippen molar-refractivity contribution < 1.29 is 13.2 Å². The normalized spacial score (nSPS) is 15.3. The van der Waals surface area contributed by atoms with Crippen LogP contribution in [0.2, 0.25) is 0 Å². The summed E-state index contributed by atoms with van der Waals surface area (Å²) in [5, 5.41) is 2.93. The summed E-state index contributed by atoms with van der Waals surface area (Å²) in [4.78, 5) is 17.5.